The number of carbonyl (C=O) groups is 1. The van der Waals surface area contributed by atoms with Crippen LogP contribution in [0.4, 0.5) is 4.79 Å². The zero-order valence-corrected chi connectivity index (χ0v) is 10.2. The van der Waals surface area contributed by atoms with Crippen molar-refractivity contribution in [3.8, 4) is 0 Å². The summed E-state index contributed by atoms with van der Waals surface area (Å²) in [6.45, 7) is 0.550. The molecule has 84 valence electrons. The molecular formula is C10H10ClN3OS. The van der Waals surface area contributed by atoms with Crippen LogP contribution < -0.4 is 0 Å². The van der Waals surface area contributed by atoms with E-state index in [2.05, 4.69) is 4.98 Å². The number of aromatic nitrogens is 2. The predicted molar refractivity (Wildman–Crippen MR) is 63.8 cm³/mol. The highest BCUT2D eigenvalue weighted by Crippen LogP contribution is 2.22. The molecule has 0 fully saturated rings. The van der Waals surface area contributed by atoms with Gasteiger partial charge >= 0.3 is 6.03 Å². The van der Waals surface area contributed by atoms with Crippen molar-refractivity contribution in [1.82, 2.24) is 14.5 Å². The molecule has 1 amide bonds. The van der Waals surface area contributed by atoms with Crippen molar-refractivity contribution in [2.24, 2.45) is 0 Å². The second kappa shape index (κ2) is 4.67. The average Bonchev–Trinajstić information content (AvgIpc) is 2.88. The number of halogens is 1. The fourth-order valence-electron chi connectivity index (χ4n) is 1.31. The van der Waals surface area contributed by atoms with E-state index in [1.807, 2.05) is 12.1 Å². The van der Waals surface area contributed by atoms with E-state index in [1.54, 1.807) is 24.3 Å². The number of hydrogen-bond donors (Lipinski definition) is 0. The largest absolute Gasteiger partial charge is 0.329 e. The van der Waals surface area contributed by atoms with Crippen molar-refractivity contribution in [3.05, 3.63) is 40.1 Å². The Morgan fingerprint density at radius 1 is 1.62 bits per heavy atom. The molecule has 0 radical (unpaired) electrons. The van der Waals surface area contributed by atoms with E-state index in [0.717, 1.165) is 9.21 Å². The summed E-state index contributed by atoms with van der Waals surface area (Å²) >= 11 is 7.30. The summed E-state index contributed by atoms with van der Waals surface area (Å²) in [6, 6.07) is 3.64. The molecule has 0 aliphatic carbocycles. The molecule has 0 aliphatic rings. The first-order valence-electron chi connectivity index (χ1n) is 4.64. The molecule has 0 saturated heterocycles. The van der Waals surface area contributed by atoms with Gasteiger partial charge in [-0.15, -0.1) is 11.3 Å². The third-order valence-corrected chi connectivity index (χ3v) is 3.29. The Bertz CT molecular complexity index is 480. The number of carbonyl (C=O) groups excluding carboxylic acids is 1. The van der Waals surface area contributed by atoms with Gasteiger partial charge in [-0.3, -0.25) is 4.57 Å². The minimum absolute atomic E-state index is 0.109. The summed E-state index contributed by atoms with van der Waals surface area (Å²) in [6.07, 6.45) is 4.69. The van der Waals surface area contributed by atoms with Gasteiger partial charge in [0.05, 0.1) is 10.9 Å². The summed E-state index contributed by atoms with van der Waals surface area (Å²) in [5, 5.41) is 0. The van der Waals surface area contributed by atoms with Crippen molar-refractivity contribution >= 4 is 29.0 Å². The minimum atomic E-state index is -0.109. The highest BCUT2D eigenvalue weighted by Gasteiger charge is 2.11. The minimum Gasteiger partial charge on any atom is -0.322 e. The van der Waals surface area contributed by atoms with Gasteiger partial charge in [-0.05, 0) is 12.1 Å². The van der Waals surface area contributed by atoms with Crippen LogP contribution in [0, 0.1) is 0 Å². The van der Waals surface area contributed by atoms with Crippen LogP contribution in [0.15, 0.2) is 30.9 Å². The molecule has 0 saturated carbocycles. The highest BCUT2D eigenvalue weighted by molar-refractivity contribution is 7.16. The fourth-order valence-corrected chi connectivity index (χ4v) is 2.45. The van der Waals surface area contributed by atoms with Crippen LogP contribution in [0.3, 0.4) is 0 Å². The summed E-state index contributed by atoms with van der Waals surface area (Å²) in [5.74, 6) is 0. The maximum Gasteiger partial charge on any atom is 0.329 e. The number of nitrogens with zero attached hydrogens (tertiary/aromatic N) is 3. The molecule has 0 aliphatic heterocycles. The SMILES string of the molecule is CN(Cc1ccc(Cl)s1)C(=O)n1ccnc1. The average molecular weight is 256 g/mol. The molecule has 0 bridgehead atoms. The lowest BCUT2D eigenvalue weighted by molar-refractivity contribution is 0.209. The van der Waals surface area contributed by atoms with Crippen LogP contribution in [0.1, 0.15) is 4.88 Å². The molecule has 0 N–H and O–H groups in total. The van der Waals surface area contributed by atoms with Crippen LogP contribution in [-0.4, -0.2) is 27.5 Å². The Balaban J connectivity index is 2.03. The summed E-state index contributed by atoms with van der Waals surface area (Å²) in [4.78, 5) is 18.3. The van der Waals surface area contributed by atoms with E-state index in [9.17, 15) is 4.79 Å². The van der Waals surface area contributed by atoms with Gasteiger partial charge < -0.3 is 4.90 Å². The summed E-state index contributed by atoms with van der Waals surface area (Å²) < 4.78 is 2.17. The number of imidazole rings is 1. The Morgan fingerprint density at radius 2 is 2.44 bits per heavy atom. The summed E-state index contributed by atoms with van der Waals surface area (Å²) in [7, 11) is 1.75. The van der Waals surface area contributed by atoms with Gasteiger partial charge in [0.1, 0.15) is 6.33 Å². The van der Waals surface area contributed by atoms with E-state index in [4.69, 9.17) is 11.6 Å². The zero-order chi connectivity index (χ0) is 11.5. The number of rotatable bonds is 2. The Kier molecular flexibility index (Phi) is 3.26. The molecule has 0 aromatic carbocycles. The fraction of sp³-hybridized carbons (Fsp3) is 0.200. The third-order valence-electron chi connectivity index (χ3n) is 2.07. The van der Waals surface area contributed by atoms with Gasteiger partial charge in [-0.2, -0.15) is 0 Å². The molecular weight excluding hydrogens is 246 g/mol. The van der Waals surface area contributed by atoms with Gasteiger partial charge in [0.25, 0.3) is 0 Å². The molecule has 0 unspecified atom stereocenters. The molecule has 16 heavy (non-hydrogen) atoms. The standard InChI is InChI=1S/C10H10ClN3OS/c1-13(6-8-2-3-9(11)16-8)10(15)14-5-4-12-7-14/h2-5,7H,6H2,1H3. The molecule has 2 rings (SSSR count). The van der Waals surface area contributed by atoms with Crippen molar-refractivity contribution in [1.29, 1.82) is 0 Å². The lowest BCUT2D eigenvalue weighted by atomic mass is 10.4. The van der Waals surface area contributed by atoms with Gasteiger partial charge in [0.15, 0.2) is 0 Å². The highest BCUT2D eigenvalue weighted by atomic mass is 35.5. The van der Waals surface area contributed by atoms with E-state index >= 15 is 0 Å². The van der Waals surface area contributed by atoms with Crippen molar-refractivity contribution in [2.45, 2.75) is 6.54 Å². The van der Waals surface area contributed by atoms with Crippen molar-refractivity contribution in [2.75, 3.05) is 7.05 Å². The number of amides is 1. The first kappa shape index (κ1) is 11.2. The molecule has 2 aromatic heterocycles. The topological polar surface area (TPSA) is 38.1 Å². The Morgan fingerprint density at radius 3 is 3.00 bits per heavy atom. The first-order valence-corrected chi connectivity index (χ1v) is 5.84. The van der Waals surface area contributed by atoms with Crippen molar-refractivity contribution < 1.29 is 4.79 Å². The van der Waals surface area contributed by atoms with Gasteiger partial charge in [0, 0.05) is 24.3 Å². The smallest absolute Gasteiger partial charge is 0.322 e. The normalized spacial score (nSPS) is 10.4. The molecule has 0 atom stereocenters. The quantitative estimate of drug-likeness (QED) is 0.828. The van der Waals surface area contributed by atoms with Crippen LogP contribution in [-0.2, 0) is 6.54 Å². The van der Waals surface area contributed by atoms with Gasteiger partial charge in [0.2, 0.25) is 0 Å². The van der Waals surface area contributed by atoms with E-state index < -0.39 is 0 Å². The molecule has 6 heteroatoms. The maximum atomic E-state index is 11.8. The third kappa shape index (κ3) is 2.43. The molecule has 4 nitrogen and oxygen atoms in total. The number of hydrogen-bond acceptors (Lipinski definition) is 3. The van der Waals surface area contributed by atoms with Gasteiger partial charge in [-0.25, -0.2) is 9.78 Å². The van der Waals surface area contributed by atoms with E-state index in [-0.39, 0.29) is 6.03 Å². The lowest BCUT2D eigenvalue weighted by Crippen LogP contribution is -2.29. The van der Waals surface area contributed by atoms with Gasteiger partial charge in [-0.1, -0.05) is 11.6 Å². The van der Waals surface area contributed by atoms with Crippen molar-refractivity contribution in [3.63, 3.8) is 0 Å². The van der Waals surface area contributed by atoms with Crippen LogP contribution in [0.5, 0.6) is 0 Å². The Labute approximate surface area is 102 Å². The maximum absolute atomic E-state index is 11.8. The summed E-state index contributed by atoms with van der Waals surface area (Å²) in [5.41, 5.74) is 0. The number of thiophene rings is 1. The second-order valence-corrected chi connectivity index (χ2v) is 5.11. The second-order valence-electron chi connectivity index (χ2n) is 3.31. The Hall–Kier alpha value is -1.33. The predicted octanol–water partition coefficient (Wildman–Crippen LogP) is 2.70. The van der Waals surface area contributed by atoms with E-state index in [0.29, 0.717) is 6.54 Å². The van der Waals surface area contributed by atoms with E-state index in [1.165, 1.54) is 22.2 Å². The molecule has 2 heterocycles. The molecule has 0 spiro atoms. The monoisotopic (exact) mass is 255 g/mol. The van der Waals surface area contributed by atoms with Crippen LogP contribution in [0.25, 0.3) is 0 Å². The van der Waals surface area contributed by atoms with Crippen LogP contribution in [0.2, 0.25) is 4.34 Å². The molecule has 2 aromatic rings. The zero-order valence-electron chi connectivity index (χ0n) is 8.63. The lowest BCUT2D eigenvalue weighted by Gasteiger charge is -2.15. The first-order chi connectivity index (χ1) is 7.66. The van der Waals surface area contributed by atoms with Crippen LogP contribution >= 0.6 is 22.9 Å².